The van der Waals surface area contributed by atoms with Crippen molar-refractivity contribution in [1.29, 1.82) is 0 Å². The van der Waals surface area contributed by atoms with Gasteiger partial charge in [-0.1, -0.05) is 50.2 Å². The van der Waals surface area contributed by atoms with Crippen molar-refractivity contribution in [3.8, 4) is 11.5 Å². The molecule has 0 radical (unpaired) electrons. The molecule has 0 aliphatic carbocycles. The minimum absolute atomic E-state index is 0.267. The van der Waals surface area contributed by atoms with E-state index in [4.69, 9.17) is 15.2 Å². The van der Waals surface area contributed by atoms with Gasteiger partial charge in [-0.3, -0.25) is 4.79 Å². The Bertz CT molecular complexity index is 908. The molecule has 1 amide bonds. The molecular formula is C22H24N2O3S. The minimum atomic E-state index is -0.317. The number of carbonyl (C=O) groups excluding carboxylic acids is 1. The van der Waals surface area contributed by atoms with Crippen LogP contribution >= 0.6 is 11.8 Å². The molecule has 1 heterocycles. The molecule has 0 bridgehead atoms. The van der Waals surface area contributed by atoms with Crippen LogP contribution in [-0.2, 0) is 4.79 Å². The average molecular weight is 397 g/mol. The third-order valence-corrected chi connectivity index (χ3v) is 5.32. The van der Waals surface area contributed by atoms with Gasteiger partial charge in [-0.15, -0.1) is 0 Å². The zero-order valence-corrected chi connectivity index (χ0v) is 16.9. The Morgan fingerprint density at radius 1 is 1.07 bits per heavy atom. The van der Waals surface area contributed by atoms with Gasteiger partial charge in [0.2, 0.25) is 0 Å². The van der Waals surface area contributed by atoms with E-state index < -0.39 is 0 Å². The molecule has 1 atom stereocenters. The van der Waals surface area contributed by atoms with Gasteiger partial charge < -0.3 is 15.2 Å². The van der Waals surface area contributed by atoms with Crippen LogP contribution in [0, 0.1) is 0 Å². The van der Waals surface area contributed by atoms with Gasteiger partial charge in [-0.05, 0) is 47.9 Å². The fourth-order valence-corrected chi connectivity index (χ4v) is 3.51. The number of hydrogen-bond acceptors (Lipinski definition) is 5. The summed E-state index contributed by atoms with van der Waals surface area (Å²) in [5.41, 5.74) is 7.63. The lowest BCUT2D eigenvalue weighted by atomic mass is 9.98. The second-order valence-electron chi connectivity index (χ2n) is 6.45. The average Bonchev–Trinajstić information content (AvgIpc) is 3.03. The zero-order valence-electron chi connectivity index (χ0n) is 16.1. The number of benzene rings is 2. The van der Waals surface area contributed by atoms with Gasteiger partial charge in [-0.2, -0.15) is 4.99 Å². The highest BCUT2D eigenvalue weighted by Gasteiger charge is 2.20. The van der Waals surface area contributed by atoms with E-state index in [9.17, 15) is 4.79 Å². The summed E-state index contributed by atoms with van der Waals surface area (Å²) >= 11 is 1.17. The first-order valence-electron chi connectivity index (χ1n) is 9.30. The Hall–Kier alpha value is -2.73. The number of para-hydroxylation sites is 2. The van der Waals surface area contributed by atoms with Crippen LogP contribution in [0.5, 0.6) is 11.5 Å². The van der Waals surface area contributed by atoms with E-state index in [-0.39, 0.29) is 11.1 Å². The van der Waals surface area contributed by atoms with E-state index in [1.807, 2.05) is 42.5 Å². The maximum absolute atomic E-state index is 11.8. The summed E-state index contributed by atoms with van der Waals surface area (Å²) < 4.78 is 11.9. The third-order valence-electron chi connectivity index (χ3n) is 4.50. The Morgan fingerprint density at radius 2 is 1.71 bits per heavy atom. The summed E-state index contributed by atoms with van der Waals surface area (Å²) in [6.07, 6.45) is 2.81. The first-order chi connectivity index (χ1) is 13.6. The highest BCUT2D eigenvalue weighted by Crippen LogP contribution is 2.30. The first kappa shape index (κ1) is 20.0. The lowest BCUT2D eigenvalue weighted by molar-refractivity contribution is -0.113. The molecule has 0 saturated heterocycles. The number of nitrogens with two attached hydrogens (primary N) is 1. The van der Waals surface area contributed by atoms with Crippen molar-refractivity contribution in [1.82, 2.24) is 0 Å². The quantitative estimate of drug-likeness (QED) is 0.522. The highest BCUT2D eigenvalue weighted by molar-refractivity contribution is 8.18. The zero-order chi connectivity index (χ0) is 19.9. The normalized spacial score (nSPS) is 16.1. The van der Waals surface area contributed by atoms with Gasteiger partial charge in [0, 0.05) is 5.56 Å². The second kappa shape index (κ2) is 9.46. The predicted molar refractivity (Wildman–Crippen MR) is 115 cm³/mol. The Labute approximate surface area is 169 Å². The standard InChI is InChI=1S/C22H24N2O3S/c1-3-15(2)17-9-5-7-11-19(17)27-13-12-26-18-10-6-4-8-16(18)14-20-21(25)24-22(23)28-20/h4-11,14-15H,3,12-13H2,1-2H3,(H2,23,24,25)/b20-14-/t15-/m1/s1. The summed E-state index contributed by atoms with van der Waals surface area (Å²) in [4.78, 5) is 16.0. The molecule has 146 valence electrons. The van der Waals surface area contributed by atoms with Crippen LogP contribution in [0.25, 0.3) is 6.08 Å². The molecule has 2 N–H and O–H groups in total. The molecule has 1 aliphatic rings. The Morgan fingerprint density at radius 3 is 2.39 bits per heavy atom. The lowest BCUT2D eigenvalue weighted by Gasteiger charge is -2.16. The Balaban J connectivity index is 1.61. The van der Waals surface area contributed by atoms with Crippen LogP contribution < -0.4 is 15.2 Å². The predicted octanol–water partition coefficient (Wildman–Crippen LogP) is 4.59. The SMILES string of the molecule is CC[C@@H](C)c1ccccc1OCCOc1ccccc1/C=C1\SC(N)=NC1=O. The number of thioether (sulfide) groups is 1. The number of amidine groups is 1. The molecule has 2 aromatic rings. The molecule has 1 aliphatic heterocycles. The number of hydrogen-bond donors (Lipinski definition) is 1. The van der Waals surface area contributed by atoms with Crippen LogP contribution in [0.3, 0.4) is 0 Å². The molecule has 2 aromatic carbocycles. The fraction of sp³-hybridized carbons (Fsp3) is 0.273. The van der Waals surface area contributed by atoms with Gasteiger partial charge in [0.25, 0.3) is 5.91 Å². The van der Waals surface area contributed by atoms with Crippen LogP contribution in [-0.4, -0.2) is 24.3 Å². The molecular weight excluding hydrogens is 372 g/mol. The van der Waals surface area contributed by atoms with Crippen LogP contribution in [0.2, 0.25) is 0 Å². The van der Waals surface area contributed by atoms with Gasteiger partial charge in [0.05, 0.1) is 4.91 Å². The number of aliphatic imine (C=N–C) groups is 1. The number of nitrogens with zero attached hydrogens (tertiary/aromatic N) is 1. The van der Waals surface area contributed by atoms with E-state index in [2.05, 4.69) is 24.9 Å². The number of rotatable bonds is 8. The summed E-state index contributed by atoms with van der Waals surface area (Å²) in [6.45, 7) is 5.19. The highest BCUT2D eigenvalue weighted by atomic mass is 32.2. The van der Waals surface area contributed by atoms with E-state index in [1.165, 1.54) is 17.3 Å². The summed E-state index contributed by atoms with van der Waals surface area (Å²) in [6, 6.07) is 15.7. The van der Waals surface area contributed by atoms with Gasteiger partial charge in [0.1, 0.15) is 24.7 Å². The van der Waals surface area contributed by atoms with Gasteiger partial charge >= 0.3 is 0 Å². The molecule has 0 spiro atoms. The maximum Gasteiger partial charge on any atom is 0.286 e. The van der Waals surface area contributed by atoms with Crippen molar-refractivity contribution in [2.75, 3.05) is 13.2 Å². The van der Waals surface area contributed by atoms with E-state index in [0.29, 0.717) is 29.8 Å². The Kier molecular flexibility index (Phi) is 6.76. The monoisotopic (exact) mass is 396 g/mol. The molecule has 6 heteroatoms. The molecule has 3 rings (SSSR count). The van der Waals surface area contributed by atoms with E-state index in [0.717, 1.165) is 17.7 Å². The maximum atomic E-state index is 11.8. The van der Waals surface area contributed by atoms with Crippen LogP contribution in [0.1, 0.15) is 37.3 Å². The van der Waals surface area contributed by atoms with E-state index >= 15 is 0 Å². The summed E-state index contributed by atoms with van der Waals surface area (Å²) in [5.74, 6) is 1.71. The summed E-state index contributed by atoms with van der Waals surface area (Å²) in [5, 5.41) is 0.267. The molecule has 0 saturated carbocycles. The topological polar surface area (TPSA) is 73.9 Å². The second-order valence-corrected chi connectivity index (χ2v) is 7.51. The van der Waals surface area contributed by atoms with Crippen molar-refractivity contribution < 1.29 is 14.3 Å². The van der Waals surface area contributed by atoms with Crippen molar-refractivity contribution >= 4 is 28.9 Å². The van der Waals surface area contributed by atoms with Crippen molar-refractivity contribution in [3.63, 3.8) is 0 Å². The largest absolute Gasteiger partial charge is 0.490 e. The molecule has 0 fully saturated rings. The molecule has 0 aromatic heterocycles. The third kappa shape index (κ3) is 4.95. The minimum Gasteiger partial charge on any atom is -0.490 e. The summed E-state index contributed by atoms with van der Waals surface area (Å²) in [7, 11) is 0. The number of carbonyl (C=O) groups is 1. The van der Waals surface area contributed by atoms with E-state index in [1.54, 1.807) is 6.08 Å². The smallest absolute Gasteiger partial charge is 0.286 e. The number of ether oxygens (including phenoxy) is 2. The van der Waals surface area contributed by atoms with Crippen LogP contribution in [0.15, 0.2) is 58.4 Å². The van der Waals surface area contributed by atoms with Crippen molar-refractivity contribution in [2.24, 2.45) is 10.7 Å². The van der Waals surface area contributed by atoms with Crippen LogP contribution in [0.4, 0.5) is 0 Å². The number of amides is 1. The van der Waals surface area contributed by atoms with Gasteiger partial charge in [-0.25, -0.2) is 0 Å². The molecule has 0 unspecified atom stereocenters. The van der Waals surface area contributed by atoms with Crippen molar-refractivity contribution in [2.45, 2.75) is 26.2 Å². The first-order valence-corrected chi connectivity index (χ1v) is 10.1. The van der Waals surface area contributed by atoms with Gasteiger partial charge in [0.15, 0.2) is 5.17 Å². The molecule has 5 nitrogen and oxygen atoms in total. The lowest BCUT2D eigenvalue weighted by Crippen LogP contribution is -2.11. The fourth-order valence-electron chi connectivity index (χ4n) is 2.84. The molecule has 28 heavy (non-hydrogen) atoms. The van der Waals surface area contributed by atoms with Crippen molar-refractivity contribution in [3.05, 3.63) is 64.6 Å².